The molecule has 1 aliphatic rings. The van der Waals surface area contributed by atoms with Crippen LogP contribution < -0.4 is 4.90 Å². The van der Waals surface area contributed by atoms with Crippen LogP contribution in [-0.2, 0) is 14.3 Å². The third kappa shape index (κ3) is 6.23. The zero-order valence-corrected chi connectivity index (χ0v) is 29.8. The molecule has 1 aliphatic heterocycles. The number of thiazole rings is 2. The van der Waals surface area contributed by atoms with Crippen molar-refractivity contribution in [3.63, 3.8) is 0 Å². The van der Waals surface area contributed by atoms with Crippen LogP contribution in [0.25, 0.3) is 48.7 Å². The van der Waals surface area contributed by atoms with E-state index in [0.717, 1.165) is 88.0 Å². The van der Waals surface area contributed by atoms with Gasteiger partial charge in [0.25, 0.3) is 12.4 Å². The number of thiocarbonyl (C=S) groups is 1. The van der Waals surface area contributed by atoms with Gasteiger partial charge in [-0.1, -0.05) is 72.5 Å². The molecule has 7 aromatic rings. The molecule has 0 radical (unpaired) electrons. The topological polar surface area (TPSA) is 101 Å². The van der Waals surface area contributed by atoms with E-state index in [4.69, 9.17) is 21.9 Å². The molecular formula is C36H22N6O3S5. The van der Waals surface area contributed by atoms with Crippen molar-refractivity contribution in [3.8, 4) is 31.6 Å². The normalized spacial score (nSPS) is 13.8. The molecule has 9 nitrogen and oxygen atoms in total. The summed E-state index contributed by atoms with van der Waals surface area (Å²) in [5.41, 5.74) is 7.57. The maximum atomic E-state index is 12.8. The van der Waals surface area contributed by atoms with Crippen molar-refractivity contribution in [1.82, 2.24) is 23.6 Å². The number of aromatic nitrogens is 4. The van der Waals surface area contributed by atoms with Crippen molar-refractivity contribution in [1.29, 1.82) is 0 Å². The summed E-state index contributed by atoms with van der Waals surface area (Å²) in [4.78, 5) is 38.5. The number of ether oxygens (including phenoxy) is 1. The number of nitrogens with zero attached hydrogens (tertiary/aromatic N) is 6. The average molecular weight is 747 g/mol. The van der Waals surface area contributed by atoms with Crippen molar-refractivity contribution in [2.45, 2.75) is 0 Å². The Morgan fingerprint density at radius 1 is 0.760 bits per heavy atom. The number of para-hydroxylation sites is 2. The van der Waals surface area contributed by atoms with Gasteiger partial charge in [-0.2, -0.15) is 8.75 Å². The van der Waals surface area contributed by atoms with Crippen LogP contribution in [0.4, 0.5) is 17.1 Å². The van der Waals surface area contributed by atoms with Gasteiger partial charge in [-0.3, -0.25) is 14.5 Å². The van der Waals surface area contributed by atoms with Crippen LogP contribution in [0.1, 0.15) is 4.88 Å². The molecule has 4 aromatic carbocycles. The zero-order valence-electron chi connectivity index (χ0n) is 25.7. The van der Waals surface area contributed by atoms with E-state index in [2.05, 4.69) is 67.2 Å². The molecule has 3 aromatic heterocycles. The van der Waals surface area contributed by atoms with Gasteiger partial charge in [-0.15, -0.1) is 22.7 Å². The summed E-state index contributed by atoms with van der Waals surface area (Å²) < 4.78 is 14.3. The van der Waals surface area contributed by atoms with E-state index in [1.165, 1.54) is 16.2 Å². The predicted molar refractivity (Wildman–Crippen MR) is 207 cm³/mol. The Labute approximate surface area is 307 Å². The highest BCUT2D eigenvalue weighted by Gasteiger charge is 2.32. The fourth-order valence-electron chi connectivity index (χ4n) is 5.44. The number of carbonyl (C=O) groups excluding carboxylic acids is 2. The van der Waals surface area contributed by atoms with Crippen molar-refractivity contribution < 1.29 is 14.3 Å². The van der Waals surface area contributed by atoms with E-state index in [1.807, 2.05) is 54.7 Å². The molecular weight excluding hydrogens is 725 g/mol. The molecule has 50 heavy (non-hydrogen) atoms. The van der Waals surface area contributed by atoms with Crippen LogP contribution in [-0.4, -0.2) is 47.0 Å². The molecule has 0 unspecified atom stereocenters. The van der Waals surface area contributed by atoms with Gasteiger partial charge in [0.1, 0.15) is 21.0 Å². The fraction of sp³-hybridized carbons (Fsp3) is 0.0278. The number of rotatable bonds is 10. The van der Waals surface area contributed by atoms with Gasteiger partial charge in [-0.25, -0.2) is 9.97 Å². The third-order valence-corrected chi connectivity index (χ3v) is 11.7. The summed E-state index contributed by atoms with van der Waals surface area (Å²) >= 11 is 10.6. The number of thioether (sulfide) groups is 1. The maximum Gasteiger partial charge on any atom is 0.294 e. The second kappa shape index (κ2) is 14.0. The molecule has 8 rings (SSSR count). The number of amides is 1. The minimum Gasteiger partial charge on any atom is -0.446 e. The highest BCUT2D eigenvalue weighted by atomic mass is 32.2. The molecule has 244 valence electrons. The van der Waals surface area contributed by atoms with Gasteiger partial charge < -0.3 is 9.64 Å². The lowest BCUT2D eigenvalue weighted by atomic mass is 10.1. The SMILES string of the molecule is O=COCN1C(=O)C(=Cc2cnc(-c3ccc(-c4ncc(-c5ccc(N(c6ccccc6)c6ccccc6)cc5)s4)c4nsnc34)s2)SC1=S. The first-order chi connectivity index (χ1) is 24.6. The van der Waals surface area contributed by atoms with E-state index in [-0.39, 0.29) is 19.1 Å². The first-order valence-electron chi connectivity index (χ1n) is 15.1. The van der Waals surface area contributed by atoms with E-state index in [1.54, 1.807) is 23.6 Å². The lowest BCUT2D eigenvalue weighted by Gasteiger charge is -2.25. The smallest absolute Gasteiger partial charge is 0.294 e. The molecule has 0 spiro atoms. The Hall–Kier alpha value is -5.12. The van der Waals surface area contributed by atoms with Crippen LogP contribution in [0.15, 0.2) is 114 Å². The molecule has 0 bridgehead atoms. The van der Waals surface area contributed by atoms with Gasteiger partial charge in [-0.05, 0) is 60.2 Å². The molecule has 0 saturated carbocycles. The van der Waals surface area contributed by atoms with Crippen molar-refractivity contribution in [2.75, 3.05) is 11.6 Å². The molecule has 1 fully saturated rings. The van der Waals surface area contributed by atoms with Crippen LogP contribution in [0.3, 0.4) is 0 Å². The minimum absolute atomic E-state index is 0.213. The van der Waals surface area contributed by atoms with E-state index < -0.39 is 0 Å². The minimum atomic E-state index is -0.313. The molecule has 0 N–H and O–H groups in total. The van der Waals surface area contributed by atoms with Gasteiger partial charge in [0, 0.05) is 45.5 Å². The zero-order chi connectivity index (χ0) is 34.0. The highest BCUT2D eigenvalue weighted by molar-refractivity contribution is 8.26. The summed E-state index contributed by atoms with van der Waals surface area (Å²) in [5, 5.41) is 1.60. The van der Waals surface area contributed by atoms with Crippen molar-refractivity contribution in [2.24, 2.45) is 0 Å². The first kappa shape index (κ1) is 32.1. The second-order valence-electron chi connectivity index (χ2n) is 10.8. The van der Waals surface area contributed by atoms with Crippen LogP contribution in [0, 0.1) is 0 Å². The highest BCUT2D eigenvalue weighted by Crippen LogP contribution is 2.41. The summed E-state index contributed by atoms with van der Waals surface area (Å²) in [6, 6.07) is 33.2. The quantitative estimate of drug-likeness (QED) is 0.0765. The lowest BCUT2D eigenvalue weighted by molar-refractivity contribution is -0.135. The first-order valence-corrected chi connectivity index (χ1v) is 18.6. The largest absolute Gasteiger partial charge is 0.446 e. The summed E-state index contributed by atoms with van der Waals surface area (Å²) in [6.45, 7) is 0.0749. The van der Waals surface area contributed by atoms with E-state index >= 15 is 0 Å². The van der Waals surface area contributed by atoms with Gasteiger partial charge in [0.15, 0.2) is 11.1 Å². The van der Waals surface area contributed by atoms with Crippen LogP contribution >= 0.6 is 58.4 Å². The monoisotopic (exact) mass is 746 g/mol. The molecule has 1 saturated heterocycles. The summed E-state index contributed by atoms with van der Waals surface area (Å²) in [6.07, 6.45) is 5.36. The molecule has 1 amide bonds. The van der Waals surface area contributed by atoms with Crippen LogP contribution in [0.2, 0.25) is 0 Å². The number of carbonyl (C=O) groups is 2. The van der Waals surface area contributed by atoms with E-state index in [0.29, 0.717) is 9.23 Å². The number of hydrogen-bond donors (Lipinski definition) is 0. The van der Waals surface area contributed by atoms with Crippen molar-refractivity contribution in [3.05, 3.63) is 119 Å². The third-order valence-electron chi connectivity index (χ3n) is 7.76. The second-order valence-corrected chi connectivity index (χ2v) is 15.1. The van der Waals surface area contributed by atoms with E-state index in [9.17, 15) is 9.59 Å². The van der Waals surface area contributed by atoms with Gasteiger partial charge in [0.2, 0.25) is 0 Å². The molecule has 14 heteroatoms. The molecule has 0 atom stereocenters. The molecule has 0 aliphatic carbocycles. The standard InChI is InChI=1S/C36H22N6O3S5/c43-21-45-20-41-35(44)29(49-36(41)46)17-26-18-37-33(47-26)27-15-16-28(32-31(27)39-50-40-32)34-38-19-30(48-34)22-11-13-25(14-12-22)42(23-7-3-1-4-8-23)24-9-5-2-6-10-24/h1-19,21H,20H2. The van der Waals surface area contributed by atoms with Gasteiger partial charge >= 0.3 is 0 Å². The Bertz CT molecular complexity index is 2350. The number of fused-ring (bicyclic) bond motifs is 1. The number of benzene rings is 4. The number of anilines is 3. The number of hydrogen-bond acceptors (Lipinski definition) is 13. The lowest BCUT2D eigenvalue weighted by Crippen LogP contribution is -2.30. The Kier molecular flexibility index (Phi) is 9.00. The maximum absolute atomic E-state index is 12.8. The Balaban J connectivity index is 1.05. The Morgan fingerprint density at radius 3 is 2.00 bits per heavy atom. The summed E-state index contributed by atoms with van der Waals surface area (Å²) in [7, 11) is 0. The van der Waals surface area contributed by atoms with Crippen LogP contribution in [0.5, 0.6) is 0 Å². The average Bonchev–Trinajstić information content (AvgIpc) is 3.97. The fourth-order valence-corrected chi connectivity index (χ4v) is 9.15. The van der Waals surface area contributed by atoms with Crippen molar-refractivity contribution >= 4 is 109 Å². The molecule has 4 heterocycles. The van der Waals surface area contributed by atoms with Gasteiger partial charge in [0.05, 0.1) is 21.5 Å². The summed E-state index contributed by atoms with van der Waals surface area (Å²) in [5.74, 6) is -0.313. The predicted octanol–water partition coefficient (Wildman–Crippen LogP) is 9.41. The Morgan fingerprint density at radius 2 is 1.36 bits per heavy atom.